The van der Waals surface area contributed by atoms with Crippen LogP contribution < -0.4 is 0 Å². The fourth-order valence-corrected chi connectivity index (χ4v) is 5.68. The number of hydrogen-bond acceptors (Lipinski definition) is 0. The molecule has 0 saturated heterocycles. The lowest BCUT2D eigenvalue weighted by atomic mass is 9.63. The van der Waals surface area contributed by atoms with Gasteiger partial charge in [0.2, 0.25) is 0 Å². The Kier molecular flexibility index (Phi) is 5.80. The molecule has 0 aromatic heterocycles. The molecule has 0 N–H and O–H groups in total. The minimum absolute atomic E-state index is 0.0579. The van der Waals surface area contributed by atoms with Gasteiger partial charge in [-0.1, -0.05) is 38.3 Å². The smallest absolute Gasteiger partial charge is 0.134 e. The van der Waals surface area contributed by atoms with E-state index in [1.807, 2.05) is 0 Å². The topological polar surface area (TPSA) is 0 Å². The summed E-state index contributed by atoms with van der Waals surface area (Å²) in [7, 11) is 0. The van der Waals surface area contributed by atoms with Crippen LogP contribution in [0.15, 0.2) is 36.4 Å². The summed E-state index contributed by atoms with van der Waals surface area (Å²) in [6.07, 6.45) is 9.79. The molecule has 0 nitrogen and oxygen atoms in total. The van der Waals surface area contributed by atoms with E-state index in [1.54, 1.807) is 0 Å². The molecule has 2 aromatic rings. The predicted octanol–water partition coefficient (Wildman–Crippen LogP) is 7.87. The second-order valence-corrected chi connectivity index (χ2v) is 8.86. The van der Waals surface area contributed by atoms with Gasteiger partial charge in [-0.25, -0.2) is 13.2 Å². The van der Waals surface area contributed by atoms with Crippen LogP contribution in [0.25, 0.3) is 11.1 Å². The van der Waals surface area contributed by atoms with Gasteiger partial charge in [0, 0.05) is 0 Å². The van der Waals surface area contributed by atoms with Crippen molar-refractivity contribution in [2.45, 2.75) is 64.2 Å². The molecule has 2 fully saturated rings. The monoisotopic (exact) mass is 386 g/mol. The van der Waals surface area contributed by atoms with Crippen molar-refractivity contribution >= 4 is 0 Å². The Hall–Kier alpha value is -1.77. The van der Waals surface area contributed by atoms with Gasteiger partial charge in [0.05, 0.1) is 5.56 Å². The van der Waals surface area contributed by atoms with Gasteiger partial charge in [-0.2, -0.15) is 0 Å². The number of benzene rings is 2. The Morgan fingerprint density at radius 1 is 0.821 bits per heavy atom. The number of hydrogen-bond donors (Lipinski definition) is 0. The van der Waals surface area contributed by atoms with Crippen LogP contribution >= 0.6 is 0 Å². The minimum atomic E-state index is -0.546. The number of rotatable bonds is 4. The Balaban J connectivity index is 1.51. The Morgan fingerprint density at radius 2 is 1.46 bits per heavy atom. The van der Waals surface area contributed by atoms with Crippen molar-refractivity contribution in [1.82, 2.24) is 0 Å². The van der Waals surface area contributed by atoms with Gasteiger partial charge in [0.15, 0.2) is 0 Å². The summed E-state index contributed by atoms with van der Waals surface area (Å²) in [5, 5.41) is 0. The summed E-state index contributed by atoms with van der Waals surface area (Å²) < 4.78 is 42.7. The maximum absolute atomic E-state index is 14.8. The van der Waals surface area contributed by atoms with Gasteiger partial charge < -0.3 is 0 Å². The van der Waals surface area contributed by atoms with E-state index in [2.05, 4.69) is 6.92 Å². The third kappa shape index (κ3) is 3.99. The molecule has 28 heavy (non-hydrogen) atoms. The summed E-state index contributed by atoms with van der Waals surface area (Å²) in [4.78, 5) is 0. The van der Waals surface area contributed by atoms with Crippen molar-refractivity contribution in [2.24, 2.45) is 17.8 Å². The molecular weight excluding hydrogens is 357 g/mol. The zero-order valence-corrected chi connectivity index (χ0v) is 16.6. The Bertz CT molecular complexity index is 788. The molecule has 3 heteroatoms. The maximum Gasteiger partial charge on any atom is 0.134 e. The summed E-state index contributed by atoms with van der Waals surface area (Å²) in [5.74, 6) is 1.13. The van der Waals surface area contributed by atoms with Crippen molar-refractivity contribution in [3.8, 4) is 11.1 Å². The van der Waals surface area contributed by atoms with Crippen LogP contribution in [-0.4, -0.2) is 0 Å². The SMILES string of the molecule is CCCC1CC[C@@H]2C[C@H](c3cc(F)c(-c4ccc(F)cc4)c(F)c3)CC[C@@H]2C1. The van der Waals surface area contributed by atoms with Gasteiger partial charge in [-0.3, -0.25) is 0 Å². The van der Waals surface area contributed by atoms with E-state index in [4.69, 9.17) is 0 Å². The van der Waals surface area contributed by atoms with Crippen molar-refractivity contribution in [1.29, 1.82) is 0 Å². The molecule has 2 aliphatic carbocycles. The highest BCUT2D eigenvalue weighted by Crippen LogP contribution is 2.48. The fourth-order valence-electron chi connectivity index (χ4n) is 5.68. The molecule has 0 aliphatic heterocycles. The normalized spacial score (nSPS) is 27.4. The molecule has 2 aromatic carbocycles. The van der Waals surface area contributed by atoms with Gasteiger partial charge in [-0.05, 0) is 91.2 Å². The van der Waals surface area contributed by atoms with Gasteiger partial charge >= 0.3 is 0 Å². The van der Waals surface area contributed by atoms with Crippen LogP contribution in [0.3, 0.4) is 0 Å². The van der Waals surface area contributed by atoms with Crippen molar-refractivity contribution in [3.05, 3.63) is 59.4 Å². The molecule has 4 rings (SSSR count). The first kappa shape index (κ1) is 19.5. The standard InChI is InChI=1S/C25H29F3/c1-2-3-16-4-5-19-13-20(7-6-18(19)12-16)21-14-23(27)25(24(28)15-21)17-8-10-22(26)11-9-17/h8-11,14-16,18-20H,2-7,12-13H2,1H3/t16?,18-,19-,20-/m1/s1. The van der Waals surface area contributed by atoms with E-state index in [0.717, 1.165) is 30.2 Å². The maximum atomic E-state index is 14.8. The predicted molar refractivity (Wildman–Crippen MR) is 108 cm³/mol. The van der Waals surface area contributed by atoms with Gasteiger partial charge in [-0.15, -0.1) is 0 Å². The lowest BCUT2D eigenvalue weighted by Crippen LogP contribution is -2.30. The molecular formula is C25H29F3. The van der Waals surface area contributed by atoms with Crippen LogP contribution in [0.2, 0.25) is 0 Å². The quantitative estimate of drug-likeness (QED) is 0.501. The van der Waals surface area contributed by atoms with Crippen LogP contribution in [0.5, 0.6) is 0 Å². The molecule has 4 atom stereocenters. The number of halogens is 3. The molecule has 0 bridgehead atoms. The Labute approximate surface area is 166 Å². The Morgan fingerprint density at radius 3 is 2.14 bits per heavy atom. The zero-order valence-electron chi connectivity index (χ0n) is 16.6. The molecule has 0 heterocycles. The molecule has 2 aliphatic rings. The highest BCUT2D eigenvalue weighted by atomic mass is 19.1. The van der Waals surface area contributed by atoms with Crippen LogP contribution in [0.1, 0.15) is 69.8 Å². The van der Waals surface area contributed by atoms with Crippen molar-refractivity contribution < 1.29 is 13.2 Å². The highest BCUT2D eigenvalue weighted by molar-refractivity contribution is 5.65. The molecule has 150 valence electrons. The summed E-state index contributed by atoms with van der Waals surface area (Å²) in [6, 6.07) is 8.34. The van der Waals surface area contributed by atoms with E-state index in [0.29, 0.717) is 11.5 Å². The lowest BCUT2D eigenvalue weighted by Gasteiger charge is -2.42. The minimum Gasteiger partial charge on any atom is -0.207 e. The molecule has 0 amide bonds. The first-order chi connectivity index (χ1) is 13.5. The van der Waals surface area contributed by atoms with Crippen LogP contribution in [0.4, 0.5) is 13.2 Å². The van der Waals surface area contributed by atoms with E-state index in [-0.39, 0.29) is 11.5 Å². The summed E-state index contributed by atoms with van der Waals surface area (Å²) >= 11 is 0. The van der Waals surface area contributed by atoms with E-state index >= 15 is 0 Å². The van der Waals surface area contributed by atoms with Crippen molar-refractivity contribution in [3.63, 3.8) is 0 Å². The van der Waals surface area contributed by atoms with Crippen molar-refractivity contribution in [2.75, 3.05) is 0 Å². The molecule has 0 spiro atoms. The zero-order chi connectivity index (χ0) is 19.7. The molecule has 2 saturated carbocycles. The summed E-state index contributed by atoms with van der Waals surface area (Å²) in [5.41, 5.74) is 1.11. The second kappa shape index (κ2) is 8.31. The van der Waals surface area contributed by atoms with E-state index < -0.39 is 17.5 Å². The van der Waals surface area contributed by atoms with Gasteiger partial charge in [0.1, 0.15) is 17.5 Å². The fraction of sp³-hybridized carbons (Fsp3) is 0.520. The largest absolute Gasteiger partial charge is 0.207 e. The highest BCUT2D eigenvalue weighted by Gasteiger charge is 2.36. The average molecular weight is 387 g/mol. The first-order valence-electron chi connectivity index (χ1n) is 10.8. The average Bonchev–Trinajstić information content (AvgIpc) is 2.68. The van der Waals surface area contributed by atoms with Crippen LogP contribution in [-0.2, 0) is 0 Å². The third-order valence-electron chi connectivity index (χ3n) is 7.09. The second-order valence-electron chi connectivity index (χ2n) is 8.86. The molecule has 1 unspecified atom stereocenters. The van der Waals surface area contributed by atoms with Crippen LogP contribution in [0, 0.1) is 35.2 Å². The lowest BCUT2D eigenvalue weighted by molar-refractivity contribution is 0.114. The third-order valence-corrected chi connectivity index (χ3v) is 7.09. The van der Waals surface area contributed by atoms with E-state index in [9.17, 15) is 13.2 Å². The molecule has 0 radical (unpaired) electrons. The summed E-state index contributed by atoms with van der Waals surface area (Å²) in [6.45, 7) is 2.27. The van der Waals surface area contributed by atoms with Gasteiger partial charge in [0.25, 0.3) is 0 Å². The van der Waals surface area contributed by atoms with E-state index in [1.165, 1.54) is 74.9 Å². The first-order valence-corrected chi connectivity index (χ1v) is 10.8. The number of fused-ring (bicyclic) bond motifs is 1.